The Hall–Kier alpha value is -0.950. The van der Waals surface area contributed by atoms with Gasteiger partial charge in [0.25, 0.3) is 0 Å². The molecule has 0 aromatic heterocycles. The van der Waals surface area contributed by atoms with E-state index in [1.807, 2.05) is 0 Å². The third-order valence-electron chi connectivity index (χ3n) is 2.12. The Kier molecular flexibility index (Phi) is 6.98. The first-order chi connectivity index (χ1) is 7.76. The molecule has 7 heteroatoms. The van der Waals surface area contributed by atoms with Crippen LogP contribution in [0.3, 0.4) is 0 Å². The van der Waals surface area contributed by atoms with Crippen molar-refractivity contribution in [3.05, 3.63) is 0 Å². The topological polar surface area (TPSA) is 106 Å². The molecule has 17 heavy (non-hydrogen) atoms. The molecular formula is C10H20N2O4S. The summed E-state index contributed by atoms with van der Waals surface area (Å²) in [5.74, 6) is -1.36. The standard InChI is InChI=1S/C10H20N2O4S/c1-8(13)12-9(5-3-4-6-11)10(14)7-17(2,15)16/h9H,3-7,11H2,1-2H3,(H,12,13)/t9-/m0/s1. The third kappa shape index (κ3) is 8.82. The number of nitrogens with two attached hydrogens (primary N) is 1. The van der Waals surface area contributed by atoms with E-state index in [-0.39, 0.29) is 5.91 Å². The van der Waals surface area contributed by atoms with Gasteiger partial charge in [-0.1, -0.05) is 0 Å². The molecule has 0 aliphatic heterocycles. The second-order valence-electron chi connectivity index (χ2n) is 4.07. The molecule has 0 aliphatic carbocycles. The maximum absolute atomic E-state index is 11.7. The molecule has 100 valence electrons. The van der Waals surface area contributed by atoms with Gasteiger partial charge >= 0.3 is 0 Å². The first-order valence-electron chi connectivity index (χ1n) is 5.44. The molecule has 0 heterocycles. The number of hydrogen-bond donors (Lipinski definition) is 2. The molecule has 0 unspecified atom stereocenters. The fraction of sp³-hybridized carbons (Fsp3) is 0.800. The van der Waals surface area contributed by atoms with Gasteiger partial charge in [-0.25, -0.2) is 8.42 Å². The summed E-state index contributed by atoms with van der Waals surface area (Å²) in [6, 6.07) is -0.728. The lowest BCUT2D eigenvalue weighted by molar-refractivity contribution is -0.125. The van der Waals surface area contributed by atoms with Crippen molar-refractivity contribution in [2.75, 3.05) is 18.6 Å². The molecule has 0 bridgehead atoms. The monoisotopic (exact) mass is 264 g/mol. The highest BCUT2D eigenvalue weighted by Gasteiger charge is 2.22. The molecule has 0 aromatic rings. The van der Waals surface area contributed by atoms with Crippen LogP contribution in [0.5, 0.6) is 0 Å². The predicted molar refractivity (Wildman–Crippen MR) is 65.2 cm³/mol. The number of amides is 1. The number of unbranched alkanes of at least 4 members (excludes halogenated alkanes) is 1. The molecule has 0 spiro atoms. The minimum Gasteiger partial charge on any atom is -0.347 e. The maximum Gasteiger partial charge on any atom is 0.217 e. The van der Waals surface area contributed by atoms with Crippen molar-refractivity contribution in [1.29, 1.82) is 0 Å². The SMILES string of the molecule is CC(=O)N[C@@H](CCCCN)C(=O)CS(C)(=O)=O. The smallest absolute Gasteiger partial charge is 0.217 e. The van der Waals surface area contributed by atoms with E-state index in [4.69, 9.17) is 5.73 Å². The van der Waals surface area contributed by atoms with Gasteiger partial charge in [-0.2, -0.15) is 0 Å². The average Bonchev–Trinajstić information content (AvgIpc) is 2.13. The Morgan fingerprint density at radius 1 is 1.29 bits per heavy atom. The van der Waals surface area contributed by atoms with Crippen LogP contribution in [0.15, 0.2) is 0 Å². The van der Waals surface area contributed by atoms with Gasteiger partial charge in [0.05, 0.1) is 6.04 Å². The fourth-order valence-corrected chi connectivity index (χ4v) is 2.13. The molecular weight excluding hydrogens is 244 g/mol. The summed E-state index contributed by atoms with van der Waals surface area (Å²) in [6.45, 7) is 1.80. The van der Waals surface area contributed by atoms with Crippen molar-refractivity contribution in [1.82, 2.24) is 5.32 Å². The number of nitrogens with one attached hydrogen (secondary N) is 1. The van der Waals surface area contributed by atoms with Gasteiger partial charge in [-0.3, -0.25) is 9.59 Å². The molecule has 0 rings (SSSR count). The van der Waals surface area contributed by atoms with Crippen LogP contribution in [0, 0.1) is 0 Å². The van der Waals surface area contributed by atoms with Crippen molar-refractivity contribution >= 4 is 21.5 Å². The summed E-state index contributed by atoms with van der Waals surface area (Å²) in [5, 5.41) is 2.47. The summed E-state index contributed by atoms with van der Waals surface area (Å²) >= 11 is 0. The largest absolute Gasteiger partial charge is 0.347 e. The molecule has 0 fully saturated rings. The second-order valence-corrected chi connectivity index (χ2v) is 6.21. The molecule has 0 radical (unpaired) electrons. The van der Waals surface area contributed by atoms with Crippen LogP contribution in [0.25, 0.3) is 0 Å². The Morgan fingerprint density at radius 3 is 2.29 bits per heavy atom. The van der Waals surface area contributed by atoms with Crippen LogP contribution in [0.4, 0.5) is 0 Å². The van der Waals surface area contributed by atoms with Crippen LogP contribution < -0.4 is 11.1 Å². The Balaban J connectivity index is 4.45. The van der Waals surface area contributed by atoms with Gasteiger partial charge in [0.15, 0.2) is 15.6 Å². The maximum atomic E-state index is 11.7. The van der Waals surface area contributed by atoms with Crippen LogP contribution in [0.1, 0.15) is 26.2 Å². The first kappa shape index (κ1) is 16.1. The summed E-state index contributed by atoms with van der Waals surface area (Å²) in [6.07, 6.45) is 2.83. The van der Waals surface area contributed by atoms with E-state index in [0.717, 1.165) is 12.7 Å². The molecule has 1 atom stereocenters. The van der Waals surface area contributed by atoms with E-state index >= 15 is 0 Å². The van der Waals surface area contributed by atoms with Gasteiger partial charge in [0.1, 0.15) is 5.75 Å². The summed E-state index contributed by atoms with van der Waals surface area (Å²) in [4.78, 5) is 22.6. The van der Waals surface area contributed by atoms with E-state index in [2.05, 4.69) is 5.32 Å². The Labute approximate surface area is 102 Å². The number of carbonyl (C=O) groups is 2. The van der Waals surface area contributed by atoms with Crippen LogP contribution in [-0.2, 0) is 19.4 Å². The second kappa shape index (κ2) is 7.39. The zero-order valence-corrected chi connectivity index (χ0v) is 11.0. The van der Waals surface area contributed by atoms with E-state index < -0.39 is 27.4 Å². The van der Waals surface area contributed by atoms with Crippen molar-refractivity contribution in [3.8, 4) is 0 Å². The van der Waals surface area contributed by atoms with Crippen molar-refractivity contribution in [2.24, 2.45) is 5.73 Å². The third-order valence-corrected chi connectivity index (χ3v) is 2.93. The van der Waals surface area contributed by atoms with Gasteiger partial charge in [0, 0.05) is 13.2 Å². The molecule has 0 aromatic carbocycles. The Morgan fingerprint density at radius 2 is 1.88 bits per heavy atom. The van der Waals surface area contributed by atoms with Crippen LogP contribution in [0.2, 0.25) is 0 Å². The van der Waals surface area contributed by atoms with E-state index in [1.54, 1.807) is 0 Å². The van der Waals surface area contributed by atoms with E-state index in [9.17, 15) is 18.0 Å². The van der Waals surface area contributed by atoms with E-state index in [1.165, 1.54) is 6.92 Å². The van der Waals surface area contributed by atoms with Gasteiger partial charge < -0.3 is 11.1 Å². The highest BCUT2D eigenvalue weighted by Crippen LogP contribution is 2.03. The molecule has 1 amide bonds. The lowest BCUT2D eigenvalue weighted by Gasteiger charge is -2.15. The minimum atomic E-state index is -3.36. The fourth-order valence-electron chi connectivity index (χ4n) is 1.41. The molecule has 6 nitrogen and oxygen atoms in total. The van der Waals surface area contributed by atoms with Gasteiger partial charge in [0.2, 0.25) is 5.91 Å². The summed E-state index contributed by atoms with van der Waals surface area (Å²) in [5.41, 5.74) is 5.33. The number of Topliss-reactive ketones (excluding diaryl/α,β-unsaturated/α-hetero) is 1. The molecule has 3 N–H and O–H groups in total. The van der Waals surface area contributed by atoms with Gasteiger partial charge in [-0.05, 0) is 25.8 Å². The molecule has 0 saturated heterocycles. The van der Waals surface area contributed by atoms with E-state index in [0.29, 0.717) is 19.4 Å². The highest BCUT2D eigenvalue weighted by atomic mass is 32.2. The van der Waals surface area contributed by atoms with Gasteiger partial charge in [-0.15, -0.1) is 0 Å². The highest BCUT2D eigenvalue weighted by molar-refractivity contribution is 7.91. The summed E-state index contributed by atoms with van der Waals surface area (Å²) in [7, 11) is -3.36. The van der Waals surface area contributed by atoms with Crippen molar-refractivity contribution in [2.45, 2.75) is 32.2 Å². The number of sulfone groups is 1. The average molecular weight is 264 g/mol. The summed E-state index contributed by atoms with van der Waals surface area (Å²) < 4.78 is 22.0. The number of hydrogen-bond acceptors (Lipinski definition) is 5. The zero-order valence-electron chi connectivity index (χ0n) is 10.2. The molecule has 0 aliphatic rings. The predicted octanol–water partition coefficient (Wildman–Crippen LogP) is -0.766. The molecule has 0 saturated carbocycles. The van der Waals surface area contributed by atoms with Crippen molar-refractivity contribution in [3.63, 3.8) is 0 Å². The lowest BCUT2D eigenvalue weighted by Crippen LogP contribution is -2.42. The minimum absolute atomic E-state index is 0.343. The normalized spacial score (nSPS) is 13.1. The quantitative estimate of drug-likeness (QED) is 0.560. The number of rotatable bonds is 8. The number of ketones is 1. The first-order valence-corrected chi connectivity index (χ1v) is 7.50. The lowest BCUT2D eigenvalue weighted by atomic mass is 10.1. The van der Waals surface area contributed by atoms with Crippen LogP contribution >= 0.6 is 0 Å². The number of carbonyl (C=O) groups excluding carboxylic acids is 2. The Bertz CT molecular complexity index is 365. The zero-order chi connectivity index (χ0) is 13.5. The van der Waals surface area contributed by atoms with Crippen molar-refractivity contribution < 1.29 is 18.0 Å². The van der Waals surface area contributed by atoms with Crippen LogP contribution in [-0.4, -0.2) is 44.7 Å².